The van der Waals surface area contributed by atoms with Crippen LogP contribution in [0.3, 0.4) is 0 Å². The van der Waals surface area contributed by atoms with Gasteiger partial charge < -0.3 is 20.5 Å². The number of nitrogens with one attached hydrogen (secondary N) is 2. The maximum absolute atomic E-state index is 14.1. The van der Waals surface area contributed by atoms with Crippen LogP contribution in [0.15, 0.2) is 42.5 Å². The van der Waals surface area contributed by atoms with Crippen molar-refractivity contribution in [3.05, 3.63) is 53.8 Å². The van der Waals surface area contributed by atoms with Gasteiger partial charge in [0.25, 0.3) is 0 Å². The molecule has 0 saturated heterocycles. The summed E-state index contributed by atoms with van der Waals surface area (Å²) >= 11 is 0. The standard InChI is InChI=1S/C17H16FN3O3/c1-11(10-22)20-17(23)21-13-6-7-16(14(18)8-13)24-15-5-3-2-4-12(15)9-19/h2-8,11,22H,10H2,1H3,(H2,20,21,23)/t11-/m1/s1. The molecule has 2 amide bonds. The van der Waals surface area contributed by atoms with Gasteiger partial charge >= 0.3 is 6.03 Å². The first-order valence-corrected chi connectivity index (χ1v) is 7.18. The van der Waals surface area contributed by atoms with Crippen molar-refractivity contribution in [2.24, 2.45) is 0 Å². The summed E-state index contributed by atoms with van der Waals surface area (Å²) in [5, 5.41) is 22.8. The Morgan fingerprint density at radius 1 is 1.33 bits per heavy atom. The molecule has 2 aromatic carbocycles. The van der Waals surface area contributed by atoms with Crippen LogP contribution in [0.25, 0.3) is 0 Å². The van der Waals surface area contributed by atoms with Gasteiger partial charge in [0.15, 0.2) is 11.6 Å². The zero-order valence-electron chi connectivity index (χ0n) is 12.9. The minimum absolute atomic E-state index is 0.0626. The normalized spacial score (nSPS) is 11.2. The predicted octanol–water partition coefficient (Wildman–Crippen LogP) is 2.99. The third kappa shape index (κ3) is 4.44. The van der Waals surface area contributed by atoms with Crippen molar-refractivity contribution in [2.75, 3.05) is 11.9 Å². The fraction of sp³-hybridized carbons (Fsp3) is 0.176. The second-order valence-corrected chi connectivity index (χ2v) is 5.04. The highest BCUT2D eigenvalue weighted by Gasteiger charge is 2.11. The molecule has 0 aliphatic rings. The zero-order chi connectivity index (χ0) is 17.5. The Labute approximate surface area is 138 Å². The van der Waals surface area contributed by atoms with Gasteiger partial charge in [0.2, 0.25) is 0 Å². The summed E-state index contributed by atoms with van der Waals surface area (Å²) in [6, 6.07) is 11.4. The topological polar surface area (TPSA) is 94.4 Å². The van der Waals surface area contributed by atoms with E-state index in [2.05, 4.69) is 10.6 Å². The van der Waals surface area contributed by atoms with Crippen LogP contribution in [0.1, 0.15) is 12.5 Å². The summed E-state index contributed by atoms with van der Waals surface area (Å²) in [5.74, 6) is -0.503. The van der Waals surface area contributed by atoms with Crippen molar-refractivity contribution in [1.82, 2.24) is 5.32 Å². The number of carbonyl (C=O) groups is 1. The van der Waals surface area contributed by atoms with E-state index in [0.29, 0.717) is 0 Å². The lowest BCUT2D eigenvalue weighted by molar-refractivity contribution is 0.229. The first-order chi connectivity index (χ1) is 11.5. The lowest BCUT2D eigenvalue weighted by Gasteiger charge is -2.13. The SMILES string of the molecule is C[C@H](CO)NC(=O)Nc1ccc(Oc2ccccc2C#N)c(F)c1. The predicted molar refractivity (Wildman–Crippen MR) is 86.3 cm³/mol. The summed E-state index contributed by atoms with van der Waals surface area (Å²) in [6.45, 7) is 1.43. The van der Waals surface area contributed by atoms with E-state index >= 15 is 0 Å². The number of hydrogen-bond acceptors (Lipinski definition) is 4. The Morgan fingerprint density at radius 3 is 2.75 bits per heavy atom. The highest BCUT2D eigenvalue weighted by atomic mass is 19.1. The average Bonchev–Trinajstić information content (AvgIpc) is 2.57. The zero-order valence-corrected chi connectivity index (χ0v) is 12.9. The number of aliphatic hydroxyl groups excluding tert-OH is 1. The molecular weight excluding hydrogens is 313 g/mol. The van der Waals surface area contributed by atoms with Gasteiger partial charge in [-0.1, -0.05) is 12.1 Å². The number of anilines is 1. The number of ether oxygens (including phenoxy) is 1. The van der Waals surface area contributed by atoms with E-state index in [0.717, 1.165) is 6.07 Å². The summed E-state index contributed by atoms with van der Waals surface area (Å²) in [7, 11) is 0. The number of carbonyl (C=O) groups excluding carboxylic acids is 1. The lowest BCUT2D eigenvalue weighted by atomic mass is 10.2. The molecule has 1 atom stereocenters. The third-order valence-corrected chi connectivity index (χ3v) is 3.07. The minimum atomic E-state index is -0.684. The molecule has 0 aromatic heterocycles. The van der Waals surface area contributed by atoms with Crippen molar-refractivity contribution < 1.29 is 19.0 Å². The Morgan fingerprint density at radius 2 is 2.08 bits per heavy atom. The molecule has 3 N–H and O–H groups in total. The van der Waals surface area contributed by atoms with E-state index < -0.39 is 17.9 Å². The fourth-order valence-electron chi connectivity index (χ4n) is 1.86. The molecule has 6 nitrogen and oxygen atoms in total. The quantitative estimate of drug-likeness (QED) is 0.786. The molecule has 0 aliphatic carbocycles. The van der Waals surface area contributed by atoms with Gasteiger partial charge in [-0.25, -0.2) is 9.18 Å². The molecular formula is C17H16FN3O3. The van der Waals surface area contributed by atoms with Crippen molar-refractivity contribution in [3.63, 3.8) is 0 Å². The summed E-state index contributed by atoms with van der Waals surface area (Å²) in [5.41, 5.74) is 0.521. The molecule has 2 aromatic rings. The molecule has 124 valence electrons. The Kier molecular flexibility index (Phi) is 5.71. The van der Waals surface area contributed by atoms with Gasteiger partial charge in [-0.15, -0.1) is 0 Å². The van der Waals surface area contributed by atoms with Crippen LogP contribution in [0.2, 0.25) is 0 Å². The van der Waals surface area contributed by atoms with E-state index in [-0.39, 0.29) is 29.4 Å². The molecule has 0 saturated carbocycles. The molecule has 0 heterocycles. The Hall–Kier alpha value is -3.11. The second kappa shape index (κ2) is 7.94. The summed E-state index contributed by atoms with van der Waals surface area (Å²) < 4.78 is 19.5. The number of hydrogen-bond donors (Lipinski definition) is 3. The number of para-hydroxylation sites is 1. The molecule has 2 rings (SSSR count). The van der Waals surface area contributed by atoms with Crippen LogP contribution in [0.5, 0.6) is 11.5 Å². The number of halogens is 1. The van der Waals surface area contributed by atoms with Gasteiger partial charge in [0, 0.05) is 11.8 Å². The maximum atomic E-state index is 14.1. The number of amides is 2. The third-order valence-electron chi connectivity index (χ3n) is 3.07. The van der Waals surface area contributed by atoms with Crippen LogP contribution in [-0.4, -0.2) is 23.8 Å². The maximum Gasteiger partial charge on any atom is 0.319 e. The molecule has 0 unspecified atom stereocenters. The Bertz CT molecular complexity index is 774. The monoisotopic (exact) mass is 329 g/mol. The summed E-state index contributed by atoms with van der Waals surface area (Å²) in [6.07, 6.45) is 0. The number of rotatable bonds is 5. The number of nitriles is 1. The van der Waals surface area contributed by atoms with Gasteiger partial charge in [-0.3, -0.25) is 0 Å². The molecule has 24 heavy (non-hydrogen) atoms. The Balaban J connectivity index is 2.10. The summed E-state index contributed by atoms with van der Waals surface area (Å²) in [4.78, 5) is 11.6. The number of benzene rings is 2. The van der Waals surface area contributed by atoms with Crippen LogP contribution in [0, 0.1) is 17.1 Å². The van der Waals surface area contributed by atoms with Crippen LogP contribution in [0.4, 0.5) is 14.9 Å². The molecule has 0 fully saturated rings. The smallest absolute Gasteiger partial charge is 0.319 e. The van der Waals surface area contributed by atoms with E-state index in [1.165, 1.54) is 12.1 Å². The van der Waals surface area contributed by atoms with Crippen LogP contribution < -0.4 is 15.4 Å². The lowest BCUT2D eigenvalue weighted by Crippen LogP contribution is -2.38. The number of aliphatic hydroxyl groups is 1. The molecule has 0 radical (unpaired) electrons. The van der Waals surface area contributed by atoms with Crippen molar-refractivity contribution in [1.29, 1.82) is 5.26 Å². The second-order valence-electron chi connectivity index (χ2n) is 5.04. The molecule has 7 heteroatoms. The largest absolute Gasteiger partial charge is 0.453 e. The molecule has 0 aliphatic heterocycles. The van der Waals surface area contributed by atoms with E-state index in [4.69, 9.17) is 15.1 Å². The van der Waals surface area contributed by atoms with Gasteiger partial charge in [0.05, 0.1) is 18.2 Å². The average molecular weight is 329 g/mol. The van der Waals surface area contributed by atoms with Gasteiger partial charge in [-0.2, -0.15) is 5.26 Å². The van der Waals surface area contributed by atoms with E-state index in [1.54, 1.807) is 31.2 Å². The molecule has 0 spiro atoms. The van der Waals surface area contributed by atoms with E-state index in [1.807, 2.05) is 6.07 Å². The van der Waals surface area contributed by atoms with Crippen molar-refractivity contribution in [3.8, 4) is 17.6 Å². The molecule has 0 bridgehead atoms. The highest BCUT2D eigenvalue weighted by molar-refractivity contribution is 5.89. The number of nitrogens with zero attached hydrogens (tertiary/aromatic N) is 1. The minimum Gasteiger partial charge on any atom is -0.453 e. The first kappa shape index (κ1) is 17.2. The van der Waals surface area contributed by atoms with Crippen molar-refractivity contribution in [2.45, 2.75) is 13.0 Å². The van der Waals surface area contributed by atoms with Crippen LogP contribution in [-0.2, 0) is 0 Å². The van der Waals surface area contributed by atoms with Gasteiger partial charge in [-0.05, 0) is 31.2 Å². The number of urea groups is 1. The van der Waals surface area contributed by atoms with E-state index in [9.17, 15) is 9.18 Å². The highest BCUT2D eigenvalue weighted by Crippen LogP contribution is 2.28. The fourth-order valence-corrected chi connectivity index (χ4v) is 1.86. The van der Waals surface area contributed by atoms with Crippen LogP contribution >= 0.6 is 0 Å². The van der Waals surface area contributed by atoms with Gasteiger partial charge in [0.1, 0.15) is 11.8 Å². The first-order valence-electron chi connectivity index (χ1n) is 7.18. The van der Waals surface area contributed by atoms with Crippen molar-refractivity contribution >= 4 is 11.7 Å².